The van der Waals surface area contributed by atoms with E-state index < -0.39 is 30.1 Å². The van der Waals surface area contributed by atoms with Gasteiger partial charge in [-0.15, -0.1) is 0 Å². The number of carbonyl (C=O) groups excluding carboxylic acids is 1. The van der Waals surface area contributed by atoms with Crippen LogP contribution in [0.5, 0.6) is 5.75 Å². The van der Waals surface area contributed by atoms with E-state index in [0.717, 1.165) is 12.8 Å². The van der Waals surface area contributed by atoms with Crippen LogP contribution in [0.4, 0.5) is 5.69 Å². The summed E-state index contributed by atoms with van der Waals surface area (Å²) in [4.78, 5) is 19.6. The van der Waals surface area contributed by atoms with Crippen LogP contribution >= 0.6 is 0 Å². The molecule has 3 aliphatic heterocycles. The Morgan fingerprint density at radius 2 is 2.23 bits per heavy atom. The van der Waals surface area contributed by atoms with E-state index in [1.165, 1.54) is 5.57 Å². The van der Waals surface area contributed by atoms with Crippen molar-refractivity contribution < 1.29 is 24.5 Å². The molecule has 3 aliphatic rings. The summed E-state index contributed by atoms with van der Waals surface area (Å²) in [5.41, 5.74) is 0.839. The lowest BCUT2D eigenvalue weighted by atomic mass is 9.84. The van der Waals surface area contributed by atoms with Crippen molar-refractivity contribution in [1.29, 1.82) is 0 Å². The molecule has 2 saturated heterocycles. The van der Waals surface area contributed by atoms with Gasteiger partial charge in [0.25, 0.3) is 5.91 Å². The molecule has 8 nitrogen and oxygen atoms in total. The summed E-state index contributed by atoms with van der Waals surface area (Å²) in [5.74, 6) is 0.280. The van der Waals surface area contributed by atoms with Crippen LogP contribution in [-0.4, -0.2) is 77.0 Å². The monoisotopic (exact) mass is 429 g/mol. The highest BCUT2D eigenvalue weighted by molar-refractivity contribution is 6.03. The highest BCUT2D eigenvalue weighted by Gasteiger charge is 2.51. The Morgan fingerprint density at radius 1 is 1.45 bits per heavy atom. The van der Waals surface area contributed by atoms with Crippen LogP contribution in [0.15, 0.2) is 34.8 Å². The molecule has 0 spiro atoms. The van der Waals surface area contributed by atoms with Crippen molar-refractivity contribution in [3.05, 3.63) is 35.4 Å². The van der Waals surface area contributed by atoms with E-state index in [4.69, 9.17) is 9.47 Å². The molecule has 1 amide bonds. The predicted molar refractivity (Wildman–Crippen MR) is 117 cm³/mol. The van der Waals surface area contributed by atoms with Gasteiger partial charge < -0.3 is 29.9 Å². The molecule has 0 radical (unpaired) electrons. The molecule has 1 unspecified atom stereocenters. The SMILES string of the molecule is CC/C=C1\CC2C=Nc3ccc(O[C@@H]4O[C@@H](C)[C@H](NC)[C@@](C)(O)[C@H]4O)cc3C(=O)N2C1. The summed E-state index contributed by atoms with van der Waals surface area (Å²) in [6.45, 7) is 6.05. The summed E-state index contributed by atoms with van der Waals surface area (Å²) in [7, 11) is 1.71. The lowest BCUT2D eigenvalue weighted by Gasteiger charge is -2.47. The van der Waals surface area contributed by atoms with Gasteiger partial charge in [0.05, 0.1) is 29.4 Å². The predicted octanol–water partition coefficient (Wildman–Crippen LogP) is 1.78. The first-order valence-corrected chi connectivity index (χ1v) is 10.8. The molecular formula is C23H31N3O5. The van der Waals surface area contributed by atoms with Crippen molar-refractivity contribution in [2.75, 3.05) is 13.6 Å². The molecule has 0 aromatic heterocycles. The first-order valence-electron chi connectivity index (χ1n) is 10.8. The molecular weight excluding hydrogens is 398 g/mol. The summed E-state index contributed by atoms with van der Waals surface area (Å²) < 4.78 is 11.7. The highest BCUT2D eigenvalue weighted by atomic mass is 16.7. The van der Waals surface area contributed by atoms with Gasteiger partial charge in [0.2, 0.25) is 6.29 Å². The molecule has 3 heterocycles. The minimum Gasteiger partial charge on any atom is -0.462 e. The number of hydrogen-bond acceptors (Lipinski definition) is 7. The first kappa shape index (κ1) is 22.0. The lowest BCUT2D eigenvalue weighted by Crippen LogP contribution is -2.69. The van der Waals surface area contributed by atoms with E-state index in [9.17, 15) is 15.0 Å². The number of aliphatic hydroxyl groups excluding tert-OH is 1. The molecule has 3 N–H and O–H groups in total. The third-order valence-corrected chi connectivity index (χ3v) is 6.45. The Bertz CT molecular complexity index is 912. The Morgan fingerprint density at radius 3 is 2.94 bits per heavy atom. The standard InChI is InChI=1S/C23H31N3O5/c1-5-6-14-9-15-11-25-18-8-7-16(10-17(18)21(28)26(15)12-14)31-22-20(27)23(3,29)19(24-4)13(2)30-22/h6-8,10-11,13,15,19-20,22,24,27,29H,5,9,12H2,1-4H3/b14-6+/t13-,15?,19-,20-,22-,23+/m0/s1. The normalized spacial score (nSPS) is 36.3. The molecule has 0 saturated carbocycles. The van der Waals surface area contributed by atoms with Crippen molar-refractivity contribution in [2.24, 2.45) is 4.99 Å². The van der Waals surface area contributed by atoms with Gasteiger partial charge in [-0.3, -0.25) is 9.79 Å². The van der Waals surface area contributed by atoms with E-state index in [1.54, 1.807) is 32.2 Å². The zero-order chi connectivity index (χ0) is 22.3. The second kappa shape index (κ2) is 8.35. The third-order valence-electron chi connectivity index (χ3n) is 6.45. The van der Waals surface area contributed by atoms with Gasteiger partial charge in [-0.1, -0.05) is 18.6 Å². The summed E-state index contributed by atoms with van der Waals surface area (Å²) in [5, 5.41) is 24.5. The van der Waals surface area contributed by atoms with Crippen molar-refractivity contribution in [2.45, 2.75) is 69.8 Å². The Hall–Kier alpha value is -2.26. The molecule has 2 fully saturated rings. The summed E-state index contributed by atoms with van der Waals surface area (Å²) in [6, 6.07) is 4.57. The minimum atomic E-state index is -1.45. The average Bonchev–Trinajstić information content (AvgIpc) is 3.08. The maximum atomic E-state index is 13.2. The molecule has 168 valence electrons. The fraction of sp³-hybridized carbons (Fsp3) is 0.565. The van der Waals surface area contributed by atoms with E-state index >= 15 is 0 Å². The van der Waals surface area contributed by atoms with Crippen LogP contribution in [0.25, 0.3) is 0 Å². The van der Waals surface area contributed by atoms with E-state index in [1.807, 2.05) is 18.0 Å². The third kappa shape index (κ3) is 3.89. The maximum absolute atomic E-state index is 13.2. The number of hydrogen-bond donors (Lipinski definition) is 3. The van der Waals surface area contributed by atoms with Crippen LogP contribution in [-0.2, 0) is 4.74 Å². The van der Waals surface area contributed by atoms with Gasteiger partial charge in [0.15, 0.2) is 0 Å². The molecule has 6 atom stereocenters. The number of aliphatic imine (C=N–C) groups is 1. The van der Waals surface area contributed by atoms with E-state index in [0.29, 0.717) is 23.5 Å². The molecule has 1 aromatic carbocycles. The van der Waals surface area contributed by atoms with Crippen molar-refractivity contribution in [3.63, 3.8) is 0 Å². The van der Waals surface area contributed by atoms with Crippen molar-refractivity contribution in [3.8, 4) is 5.75 Å². The number of carbonyl (C=O) groups is 1. The van der Waals surface area contributed by atoms with Gasteiger partial charge >= 0.3 is 0 Å². The lowest BCUT2D eigenvalue weighted by molar-refractivity contribution is -0.272. The van der Waals surface area contributed by atoms with Crippen LogP contribution < -0.4 is 10.1 Å². The van der Waals surface area contributed by atoms with Gasteiger partial charge in [0, 0.05) is 12.8 Å². The number of benzene rings is 1. The number of ether oxygens (including phenoxy) is 2. The number of aliphatic hydroxyl groups is 2. The Balaban J connectivity index is 1.57. The zero-order valence-corrected chi connectivity index (χ0v) is 18.4. The second-order valence-electron chi connectivity index (χ2n) is 8.70. The average molecular weight is 430 g/mol. The molecule has 31 heavy (non-hydrogen) atoms. The topological polar surface area (TPSA) is 104 Å². The van der Waals surface area contributed by atoms with E-state index in [-0.39, 0.29) is 11.9 Å². The maximum Gasteiger partial charge on any atom is 0.257 e. The first-order chi connectivity index (χ1) is 14.8. The quantitative estimate of drug-likeness (QED) is 0.631. The number of allylic oxidation sites excluding steroid dienone is 1. The zero-order valence-electron chi connectivity index (χ0n) is 18.4. The number of likely N-dealkylation sites (N-methyl/N-ethyl adjacent to an activating group) is 1. The number of amides is 1. The van der Waals surface area contributed by atoms with Crippen molar-refractivity contribution >= 4 is 17.8 Å². The fourth-order valence-electron chi connectivity index (χ4n) is 4.82. The highest BCUT2D eigenvalue weighted by Crippen LogP contribution is 2.35. The van der Waals surface area contributed by atoms with Crippen LogP contribution in [0.2, 0.25) is 0 Å². The molecule has 0 aliphatic carbocycles. The fourth-order valence-corrected chi connectivity index (χ4v) is 4.82. The Kier molecular flexibility index (Phi) is 5.91. The van der Waals surface area contributed by atoms with Gasteiger partial charge in [-0.25, -0.2) is 0 Å². The van der Waals surface area contributed by atoms with Crippen LogP contribution in [0.3, 0.4) is 0 Å². The molecule has 1 aromatic rings. The van der Waals surface area contributed by atoms with Gasteiger partial charge in [0.1, 0.15) is 17.5 Å². The largest absolute Gasteiger partial charge is 0.462 e. The second-order valence-corrected chi connectivity index (χ2v) is 8.70. The van der Waals surface area contributed by atoms with Crippen LogP contribution in [0, 0.1) is 0 Å². The minimum absolute atomic E-state index is 0.0417. The molecule has 4 rings (SSSR count). The van der Waals surface area contributed by atoms with Gasteiger partial charge in [-0.2, -0.15) is 0 Å². The molecule has 8 heteroatoms. The van der Waals surface area contributed by atoms with Crippen molar-refractivity contribution in [1.82, 2.24) is 10.2 Å². The number of rotatable bonds is 4. The number of nitrogens with one attached hydrogen (secondary N) is 1. The molecule has 0 bridgehead atoms. The smallest absolute Gasteiger partial charge is 0.257 e. The van der Waals surface area contributed by atoms with Gasteiger partial charge in [-0.05, 0) is 51.9 Å². The Labute approximate surface area is 182 Å². The van der Waals surface area contributed by atoms with E-state index in [2.05, 4.69) is 23.3 Å². The number of nitrogens with zero attached hydrogens (tertiary/aromatic N) is 2. The summed E-state index contributed by atoms with van der Waals surface area (Å²) in [6.07, 6.45) is 3.01. The summed E-state index contributed by atoms with van der Waals surface area (Å²) >= 11 is 0. The number of fused-ring (bicyclic) bond motifs is 2. The van der Waals surface area contributed by atoms with Crippen LogP contribution in [0.1, 0.15) is 44.0 Å².